The molecule has 1 heterocycles. The molecule has 0 aliphatic carbocycles. The first-order valence-electron chi connectivity index (χ1n) is 4.35. The van der Waals surface area contributed by atoms with Crippen LogP contribution in [0.15, 0.2) is 0 Å². The summed E-state index contributed by atoms with van der Waals surface area (Å²) in [5.74, 6) is 0.344. The van der Waals surface area contributed by atoms with Crippen LogP contribution in [-0.4, -0.2) is 31.1 Å². The standard InChI is InChI=1S/C8H17NO2/c1-2-11-8(10)7-3-5-9-6-4-7/h7-10H,2-6H2,1H3/t8-/m0/s1. The van der Waals surface area contributed by atoms with Crippen molar-refractivity contribution in [3.05, 3.63) is 0 Å². The lowest BCUT2D eigenvalue weighted by Crippen LogP contribution is -2.35. The van der Waals surface area contributed by atoms with Gasteiger partial charge in [0.1, 0.15) is 0 Å². The summed E-state index contributed by atoms with van der Waals surface area (Å²) < 4.78 is 5.11. The Bertz CT molecular complexity index is 102. The molecule has 1 fully saturated rings. The van der Waals surface area contributed by atoms with Crippen LogP contribution < -0.4 is 5.32 Å². The molecule has 0 unspecified atom stereocenters. The van der Waals surface area contributed by atoms with Crippen molar-refractivity contribution in [1.82, 2.24) is 5.32 Å². The normalized spacial score (nSPS) is 23.5. The average molecular weight is 159 g/mol. The van der Waals surface area contributed by atoms with Crippen molar-refractivity contribution in [3.63, 3.8) is 0 Å². The summed E-state index contributed by atoms with van der Waals surface area (Å²) in [6.45, 7) is 4.53. The van der Waals surface area contributed by atoms with E-state index >= 15 is 0 Å². The van der Waals surface area contributed by atoms with Gasteiger partial charge >= 0.3 is 0 Å². The highest BCUT2D eigenvalue weighted by Gasteiger charge is 2.21. The summed E-state index contributed by atoms with van der Waals surface area (Å²) >= 11 is 0. The van der Waals surface area contributed by atoms with Gasteiger partial charge in [-0.15, -0.1) is 0 Å². The monoisotopic (exact) mass is 159 g/mol. The molecule has 3 nitrogen and oxygen atoms in total. The maximum absolute atomic E-state index is 9.42. The van der Waals surface area contributed by atoms with Gasteiger partial charge in [0.15, 0.2) is 6.29 Å². The van der Waals surface area contributed by atoms with Crippen molar-refractivity contribution in [3.8, 4) is 0 Å². The van der Waals surface area contributed by atoms with Gasteiger partial charge < -0.3 is 15.2 Å². The number of hydrogen-bond acceptors (Lipinski definition) is 3. The van der Waals surface area contributed by atoms with Crippen LogP contribution in [0.2, 0.25) is 0 Å². The fraction of sp³-hybridized carbons (Fsp3) is 1.00. The maximum atomic E-state index is 9.42. The first-order valence-corrected chi connectivity index (χ1v) is 4.35. The summed E-state index contributed by atoms with van der Waals surface area (Å²) in [5.41, 5.74) is 0. The molecular weight excluding hydrogens is 142 g/mol. The van der Waals surface area contributed by atoms with E-state index in [4.69, 9.17) is 4.74 Å². The van der Waals surface area contributed by atoms with Gasteiger partial charge in [-0.2, -0.15) is 0 Å². The molecule has 0 radical (unpaired) electrons. The molecule has 3 heteroatoms. The third kappa shape index (κ3) is 2.77. The minimum atomic E-state index is -0.540. The Kier molecular flexibility index (Phi) is 3.83. The number of ether oxygens (including phenoxy) is 1. The Balaban J connectivity index is 2.21. The lowest BCUT2D eigenvalue weighted by molar-refractivity contribution is -0.135. The van der Waals surface area contributed by atoms with E-state index in [1.165, 1.54) is 0 Å². The third-order valence-electron chi connectivity index (χ3n) is 2.12. The van der Waals surface area contributed by atoms with Gasteiger partial charge in [-0.25, -0.2) is 0 Å². The predicted molar refractivity (Wildman–Crippen MR) is 43.2 cm³/mol. The summed E-state index contributed by atoms with van der Waals surface area (Å²) in [7, 11) is 0. The SMILES string of the molecule is CCO[C@H](O)C1CCNCC1. The first-order chi connectivity index (χ1) is 5.34. The Morgan fingerprint density at radius 2 is 2.18 bits per heavy atom. The number of rotatable bonds is 3. The van der Waals surface area contributed by atoms with E-state index in [-0.39, 0.29) is 0 Å². The summed E-state index contributed by atoms with van der Waals surface area (Å²) in [6, 6.07) is 0. The molecule has 66 valence electrons. The van der Waals surface area contributed by atoms with Crippen molar-refractivity contribution < 1.29 is 9.84 Å². The minimum Gasteiger partial charge on any atom is -0.368 e. The molecule has 0 aromatic rings. The quantitative estimate of drug-likeness (QED) is 0.583. The Morgan fingerprint density at radius 1 is 1.55 bits per heavy atom. The summed E-state index contributed by atoms with van der Waals surface area (Å²) in [6.07, 6.45) is 1.52. The third-order valence-corrected chi connectivity index (χ3v) is 2.12. The Morgan fingerprint density at radius 3 is 2.73 bits per heavy atom. The Hall–Kier alpha value is -0.120. The molecule has 1 atom stereocenters. The second-order valence-corrected chi connectivity index (χ2v) is 2.93. The van der Waals surface area contributed by atoms with Crippen molar-refractivity contribution in [1.29, 1.82) is 0 Å². The molecule has 0 aromatic heterocycles. The largest absolute Gasteiger partial charge is 0.368 e. The van der Waals surface area contributed by atoms with Crippen molar-refractivity contribution in [2.75, 3.05) is 19.7 Å². The van der Waals surface area contributed by atoms with Crippen molar-refractivity contribution in [2.45, 2.75) is 26.1 Å². The van der Waals surface area contributed by atoms with Crippen LogP contribution in [0.4, 0.5) is 0 Å². The molecule has 0 saturated carbocycles. The predicted octanol–water partition coefficient (Wildman–Crippen LogP) is 0.341. The topological polar surface area (TPSA) is 41.5 Å². The number of aliphatic hydroxyl groups is 1. The van der Waals surface area contributed by atoms with E-state index in [0.29, 0.717) is 12.5 Å². The number of nitrogens with one attached hydrogen (secondary N) is 1. The van der Waals surface area contributed by atoms with Crippen LogP contribution in [0, 0.1) is 5.92 Å². The minimum absolute atomic E-state index is 0.344. The first kappa shape index (κ1) is 8.97. The van der Waals surface area contributed by atoms with Crippen LogP contribution in [0.25, 0.3) is 0 Å². The van der Waals surface area contributed by atoms with E-state index in [1.54, 1.807) is 0 Å². The van der Waals surface area contributed by atoms with Gasteiger partial charge in [0.2, 0.25) is 0 Å². The van der Waals surface area contributed by atoms with Crippen LogP contribution >= 0.6 is 0 Å². The van der Waals surface area contributed by atoms with E-state index in [2.05, 4.69) is 5.32 Å². The fourth-order valence-electron chi connectivity index (χ4n) is 1.44. The van der Waals surface area contributed by atoms with Gasteiger partial charge in [-0.3, -0.25) is 0 Å². The second-order valence-electron chi connectivity index (χ2n) is 2.93. The molecule has 1 aliphatic heterocycles. The summed E-state index contributed by atoms with van der Waals surface area (Å²) in [5, 5.41) is 12.7. The van der Waals surface area contributed by atoms with Gasteiger partial charge in [0.05, 0.1) is 0 Å². The maximum Gasteiger partial charge on any atom is 0.157 e. The highest BCUT2D eigenvalue weighted by molar-refractivity contribution is 4.70. The lowest BCUT2D eigenvalue weighted by Gasteiger charge is -2.26. The molecule has 0 amide bonds. The van der Waals surface area contributed by atoms with E-state index < -0.39 is 6.29 Å². The summed E-state index contributed by atoms with van der Waals surface area (Å²) in [4.78, 5) is 0. The van der Waals surface area contributed by atoms with E-state index in [0.717, 1.165) is 25.9 Å². The van der Waals surface area contributed by atoms with Crippen LogP contribution in [0.5, 0.6) is 0 Å². The Labute approximate surface area is 67.7 Å². The van der Waals surface area contributed by atoms with E-state index in [1.807, 2.05) is 6.92 Å². The van der Waals surface area contributed by atoms with Gasteiger partial charge in [0, 0.05) is 12.5 Å². The number of piperidine rings is 1. The highest BCUT2D eigenvalue weighted by atomic mass is 16.6. The molecule has 11 heavy (non-hydrogen) atoms. The van der Waals surface area contributed by atoms with Crippen molar-refractivity contribution >= 4 is 0 Å². The zero-order chi connectivity index (χ0) is 8.10. The fourth-order valence-corrected chi connectivity index (χ4v) is 1.44. The van der Waals surface area contributed by atoms with Gasteiger partial charge in [0.25, 0.3) is 0 Å². The van der Waals surface area contributed by atoms with Crippen LogP contribution in [0.3, 0.4) is 0 Å². The molecule has 0 spiro atoms. The zero-order valence-electron chi connectivity index (χ0n) is 7.05. The number of aliphatic hydroxyl groups excluding tert-OH is 1. The van der Waals surface area contributed by atoms with Gasteiger partial charge in [-0.05, 0) is 32.9 Å². The molecule has 1 saturated heterocycles. The average Bonchev–Trinajstić information content (AvgIpc) is 2.07. The number of hydrogen-bond donors (Lipinski definition) is 2. The lowest BCUT2D eigenvalue weighted by atomic mass is 9.98. The van der Waals surface area contributed by atoms with Crippen molar-refractivity contribution in [2.24, 2.45) is 5.92 Å². The molecule has 0 aromatic carbocycles. The highest BCUT2D eigenvalue weighted by Crippen LogP contribution is 2.16. The van der Waals surface area contributed by atoms with Gasteiger partial charge in [-0.1, -0.05) is 0 Å². The molecule has 2 N–H and O–H groups in total. The molecular formula is C8H17NO2. The molecule has 1 rings (SSSR count). The second kappa shape index (κ2) is 4.70. The molecule has 0 bridgehead atoms. The van der Waals surface area contributed by atoms with Crippen LogP contribution in [-0.2, 0) is 4.74 Å². The van der Waals surface area contributed by atoms with E-state index in [9.17, 15) is 5.11 Å². The smallest absolute Gasteiger partial charge is 0.157 e. The van der Waals surface area contributed by atoms with Crippen LogP contribution in [0.1, 0.15) is 19.8 Å². The zero-order valence-corrected chi connectivity index (χ0v) is 7.05. The molecule has 1 aliphatic rings.